The molecule has 0 radical (unpaired) electrons. The zero-order chi connectivity index (χ0) is 19.2. The first-order valence-electron chi connectivity index (χ1n) is 8.74. The Hall–Kier alpha value is -2.93. The zero-order valence-corrected chi connectivity index (χ0v) is 16.0. The number of tetrazole rings is 1. The Bertz CT molecular complexity index is 895. The fourth-order valence-corrected chi connectivity index (χ4v) is 2.78. The van der Waals surface area contributed by atoms with Crippen LogP contribution in [0.4, 0.5) is 11.4 Å². The average molecular weight is 385 g/mol. The van der Waals surface area contributed by atoms with Crippen molar-refractivity contribution < 1.29 is 4.79 Å². The second-order valence-electron chi connectivity index (χ2n) is 6.19. The second kappa shape index (κ2) is 8.64. The lowest BCUT2D eigenvalue weighted by atomic mass is 10.1. The number of nitrogens with one attached hydrogen (secondary N) is 1. The first-order chi connectivity index (χ1) is 13.1. The summed E-state index contributed by atoms with van der Waals surface area (Å²) >= 11 is 6.22. The summed E-state index contributed by atoms with van der Waals surface area (Å²) in [6.45, 7) is 3.16. The van der Waals surface area contributed by atoms with Crippen molar-refractivity contribution in [1.29, 1.82) is 0 Å². The summed E-state index contributed by atoms with van der Waals surface area (Å²) in [5, 5.41) is 14.3. The Morgan fingerprint density at radius 1 is 1.22 bits per heavy atom. The minimum Gasteiger partial charge on any atom is -0.375 e. The van der Waals surface area contributed by atoms with Crippen molar-refractivity contribution in [2.24, 2.45) is 0 Å². The molecule has 0 atom stereocenters. The number of carbonyl (C=O) groups excluding carboxylic acids is 1. The number of rotatable bonds is 7. The van der Waals surface area contributed by atoms with E-state index in [-0.39, 0.29) is 5.91 Å². The van der Waals surface area contributed by atoms with Crippen molar-refractivity contribution in [3.05, 3.63) is 59.4 Å². The normalized spacial score (nSPS) is 10.6. The van der Waals surface area contributed by atoms with Crippen LogP contribution in [0, 0.1) is 0 Å². The summed E-state index contributed by atoms with van der Waals surface area (Å²) in [7, 11) is 2.05. The van der Waals surface area contributed by atoms with E-state index >= 15 is 0 Å². The van der Waals surface area contributed by atoms with Crippen LogP contribution in [0.15, 0.2) is 48.8 Å². The van der Waals surface area contributed by atoms with Crippen LogP contribution in [-0.4, -0.2) is 39.7 Å². The lowest BCUT2D eigenvalue weighted by Crippen LogP contribution is -2.18. The van der Waals surface area contributed by atoms with Crippen molar-refractivity contribution in [1.82, 2.24) is 20.2 Å². The molecule has 0 bridgehead atoms. The quantitative estimate of drug-likeness (QED) is 0.670. The highest BCUT2D eigenvalue weighted by atomic mass is 35.5. The standard InChI is InChI=1S/C19H21ClN6O/c1-3-4-11-25(2)15-7-5-14(6-8-15)19(27)22-18-12-16(9-10-17(18)20)26-13-21-23-24-26/h5-10,12-13H,3-4,11H2,1-2H3,(H,22,27). The summed E-state index contributed by atoms with van der Waals surface area (Å²) < 4.78 is 1.49. The van der Waals surface area contributed by atoms with E-state index in [4.69, 9.17) is 11.6 Å². The van der Waals surface area contributed by atoms with Gasteiger partial charge >= 0.3 is 0 Å². The Balaban J connectivity index is 1.73. The number of hydrogen-bond donors (Lipinski definition) is 1. The van der Waals surface area contributed by atoms with Crippen LogP contribution in [0.1, 0.15) is 30.1 Å². The van der Waals surface area contributed by atoms with E-state index in [1.54, 1.807) is 18.2 Å². The van der Waals surface area contributed by atoms with Gasteiger partial charge in [0.2, 0.25) is 0 Å². The maximum absolute atomic E-state index is 12.6. The molecular formula is C19H21ClN6O. The van der Waals surface area contributed by atoms with Crippen LogP contribution in [-0.2, 0) is 0 Å². The summed E-state index contributed by atoms with van der Waals surface area (Å²) in [4.78, 5) is 14.8. The van der Waals surface area contributed by atoms with Gasteiger partial charge in [0, 0.05) is 24.8 Å². The Labute approximate surface area is 162 Å². The number of amides is 1. The first-order valence-corrected chi connectivity index (χ1v) is 9.11. The number of aromatic nitrogens is 4. The molecule has 7 nitrogen and oxygen atoms in total. The molecule has 0 saturated carbocycles. The fourth-order valence-electron chi connectivity index (χ4n) is 2.62. The second-order valence-corrected chi connectivity index (χ2v) is 6.60. The van der Waals surface area contributed by atoms with Crippen LogP contribution in [0.5, 0.6) is 0 Å². The molecule has 1 N–H and O–H groups in total. The number of nitrogens with zero attached hydrogens (tertiary/aromatic N) is 5. The van der Waals surface area contributed by atoms with E-state index in [1.165, 1.54) is 11.0 Å². The van der Waals surface area contributed by atoms with Crippen molar-refractivity contribution in [2.45, 2.75) is 19.8 Å². The van der Waals surface area contributed by atoms with Gasteiger partial charge < -0.3 is 10.2 Å². The van der Waals surface area contributed by atoms with Crippen LogP contribution < -0.4 is 10.2 Å². The molecule has 140 valence electrons. The number of halogens is 1. The van der Waals surface area contributed by atoms with Gasteiger partial charge in [0.05, 0.1) is 16.4 Å². The van der Waals surface area contributed by atoms with Crippen LogP contribution in [0.3, 0.4) is 0 Å². The lowest BCUT2D eigenvalue weighted by molar-refractivity contribution is 0.102. The Morgan fingerprint density at radius 3 is 2.67 bits per heavy atom. The molecule has 8 heteroatoms. The molecule has 0 aliphatic rings. The average Bonchev–Trinajstić information content (AvgIpc) is 3.22. The van der Waals surface area contributed by atoms with Gasteiger partial charge in [0.1, 0.15) is 6.33 Å². The predicted molar refractivity (Wildman–Crippen MR) is 107 cm³/mol. The highest BCUT2D eigenvalue weighted by Gasteiger charge is 2.11. The SMILES string of the molecule is CCCCN(C)c1ccc(C(=O)Nc2cc(-n3cnnn3)ccc2Cl)cc1. The number of unbranched alkanes of at least 4 members (excludes halogenated alkanes) is 1. The maximum Gasteiger partial charge on any atom is 0.255 e. The number of anilines is 2. The highest BCUT2D eigenvalue weighted by Crippen LogP contribution is 2.25. The van der Waals surface area contributed by atoms with E-state index in [2.05, 4.69) is 39.7 Å². The molecule has 0 aliphatic heterocycles. The summed E-state index contributed by atoms with van der Waals surface area (Å²) in [5.41, 5.74) is 2.84. The van der Waals surface area contributed by atoms with E-state index < -0.39 is 0 Å². The maximum atomic E-state index is 12.6. The van der Waals surface area contributed by atoms with Gasteiger partial charge in [0.25, 0.3) is 5.91 Å². The third-order valence-electron chi connectivity index (χ3n) is 4.23. The minimum absolute atomic E-state index is 0.228. The first kappa shape index (κ1) is 18.8. The predicted octanol–water partition coefficient (Wildman–Crippen LogP) is 3.80. The summed E-state index contributed by atoms with van der Waals surface area (Å²) in [6, 6.07) is 12.7. The number of hydrogen-bond acceptors (Lipinski definition) is 5. The Kier molecular flexibility index (Phi) is 6.03. The van der Waals surface area contributed by atoms with Gasteiger partial charge in [-0.05, 0) is 59.3 Å². The molecule has 3 aromatic rings. The van der Waals surface area contributed by atoms with Crippen molar-refractivity contribution in [3.63, 3.8) is 0 Å². The van der Waals surface area contributed by atoms with Gasteiger partial charge in [-0.1, -0.05) is 24.9 Å². The van der Waals surface area contributed by atoms with Crippen LogP contribution in [0.2, 0.25) is 5.02 Å². The molecule has 27 heavy (non-hydrogen) atoms. The zero-order valence-electron chi connectivity index (χ0n) is 15.3. The van der Waals surface area contributed by atoms with Crippen LogP contribution in [0.25, 0.3) is 5.69 Å². The van der Waals surface area contributed by atoms with Gasteiger partial charge in [-0.3, -0.25) is 4.79 Å². The lowest BCUT2D eigenvalue weighted by Gasteiger charge is -2.19. The summed E-state index contributed by atoms with van der Waals surface area (Å²) in [5.74, 6) is -0.228. The van der Waals surface area contributed by atoms with E-state index in [0.29, 0.717) is 22.0 Å². The molecule has 0 saturated heterocycles. The van der Waals surface area contributed by atoms with E-state index in [1.807, 2.05) is 24.3 Å². The van der Waals surface area contributed by atoms with Crippen LogP contribution >= 0.6 is 11.6 Å². The monoisotopic (exact) mass is 384 g/mol. The van der Waals surface area contributed by atoms with Crippen molar-refractivity contribution in [2.75, 3.05) is 23.8 Å². The third kappa shape index (κ3) is 4.62. The molecule has 0 aliphatic carbocycles. The molecule has 1 amide bonds. The number of carbonyl (C=O) groups is 1. The largest absolute Gasteiger partial charge is 0.375 e. The molecule has 2 aromatic carbocycles. The molecule has 0 spiro atoms. The molecule has 0 unspecified atom stereocenters. The molecule has 3 rings (SSSR count). The highest BCUT2D eigenvalue weighted by molar-refractivity contribution is 6.34. The molecule has 0 fully saturated rings. The fraction of sp³-hybridized carbons (Fsp3) is 0.263. The summed E-state index contributed by atoms with van der Waals surface area (Å²) in [6.07, 6.45) is 3.76. The van der Waals surface area contributed by atoms with Crippen molar-refractivity contribution >= 4 is 28.9 Å². The Morgan fingerprint density at radius 2 is 2.00 bits per heavy atom. The third-order valence-corrected chi connectivity index (χ3v) is 4.56. The van der Waals surface area contributed by atoms with E-state index in [9.17, 15) is 4.79 Å². The smallest absolute Gasteiger partial charge is 0.255 e. The number of benzene rings is 2. The van der Waals surface area contributed by atoms with Gasteiger partial charge in [0.15, 0.2) is 0 Å². The molecular weight excluding hydrogens is 364 g/mol. The van der Waals surface area contributed by atoms with Crippen molar-refractivity contribution in [3.8, 4) is 5.69 Å². The van der Waals surface area contributed by atoms with Gasteiger partial charge in [-0.2, -0.15) is 0 Å². The molecule has 1 heterocycles. The van der Waals surface area contributed by atoms with Gasteiger partial charge in [-0.25, -0.2) is 4.68 Å². The topological polar surface area (TPSA) is 75.9 Å². The molecule has 1 aromatic heterocycles. The van der Waals surface area contributed by atoms with E-state index in [0.717, 1.165) is 25.1 Å². The van der Waals surface area contributed by atoms with Gasteiger partial charge in [-0.15, -0.1) is 5.10 Å². The minimum atomic E-state index is -0.228.